The summed E-state index contributed by atoms with van der Waals surface area (Å²) in [7, 11) is 0. The highest BCUT2D eigenvalue weighted by Crippen LogP contribution is 2.24. The molecule has 0 spiro atoms. The lowest BCUT2D eigenvalue weighted by atomic mass is 10.1. The van der Waals surface area contributed by atoms with Gasteiger partial charge in [-0.05, 0) is 18.7 Å². The zero-order chi connectivity index (χ0) is 13.7. The van der Waals surface area contributed by atoms with Crippen LogP contribution < -0.4 is 0 Å². The molecule has 0 unspecified atom stereocenters. The van der Waals surface area contributed by atoms with Crippen LogP contribution >= 0.6 is 0 Å². The van der Waals surface area contributed by atoms with E-state index in [9.17, 15) is 4.39 Å². The Hall–Kier alpha value is -1.72. The van der Waals surface area contributed by atoms with E-state index in [1.165, 1.54) is 6.07 Å². The number of aromatic amines is 1. The van der Waals surface area contributed by atoms with Gasteiger partial charge < -0.3 is 5.11 Å². The Balaban J connectivity index is 2.25. The van der Waals surface area contributed by atoms with E-state index in [1.807, 2.05) is 6.92 Å². The third-order valence-corrected chi connectivity index (χ3v) is 3.12. The largest absolute Gasteiger partial charge is 0.395 e. The van der Waals surface area contributed by atoms with E-state index in [2.05, 4.69) is 15.1 Å². The molecule has 2 aromatic rings. The summed E-state index contributed by atoms with van der Waals surface area (Å²) < 4.78 is 13.8. The number of H-pyrrole nitrogens is 1. The number of nitrogens with zero attached hydrogens (tertiary/aromatic N) is 2. The molecule has 1 aromatic heterocycles. The summed E-state index contributed by atoms with van der Waals surface area (Å²) in [5.41, 5.74) is 2.16. The summed E-state index contributed by atoms with van der Waals surface area (Å²) in [5.74, 6) is -0.266. The van der Waals surface area contributed by atoms with Crippen molar-refractivity contribution in [2.75, 3.05) is 19.7 Å². The van der Waals surface area contributed by atoms with Gasteiger partial charge in [0.2, 0.25) is 0 Å². The first-order valence-electron chi connectivity index (χ1n) is 6.36. The van der Waals surface area contributed by atoms with E-state index in [1.54, 1.807) is 24.4 Å². The van der Waals surface area contributed by atoms with Crippen molar-refractivity contribution in [3.63, 3.8) is 0 Å². The van der Waals surface area contributed by atoms with E-state index in [0.29, 0.717) is 24.3 Å². The van der Waals surface area contributed by atoms with Crippen LogP contribution in [0.5, 0.6) is 0 Å². The van der Waals surface area contributed by atoms with Crippen LogP contribution in [0.15, 0.2) is 30.5 Å². The Morgan fingerprint density at radius 3 is 2.84 bits per heavy atom. The second-order valence-electron chi connectivity index (χ2n) is 4.34. The number of aromatic nitrogens is 2. The molecule has 5 heteroatoms. The minimum Gasteiger partial charge on any atom is -0.395 e. The molecule has 0 amide bonds. The molecule has 0 fully saturated rings. The minimum absolute atomic E-state index is 0.112. The average molecular weight is 263 g/mol. The molecule has 102 valence electrons. The number of likely N-dealkylation sites (N-methyl/N-ethyl adjacent to an activating group) is 1. The van der Waals surface area contributed by atoms with Gasteiger partial charge in [-0.3, -0.25) is 10.00 Å². The summed E-state index contributed by atoms with van der Waals surface area (Å²) >= 11 is 0. The lowest BCUT2D eigenvalue weighted by Crippen LogP contribution is -2.26. The van der Waals surface area contributed by atoms with Gasteiger partial charge in [-0.15, -0.1) is 0 Å². The molecule has 0 bridgehead atoms. The van der Waals surface area contributed by atoms with Crippen molar-refractivity contribution in [3.8, 4) is 11.3 Å². The fraction of sp³-hybridized carbons (Fsp3) is 0.357. The van der Waals surface area contributed by atoms with Crippen molar-refractivity contribution in [1.29, 1.82) is 0 Å². The number of aliphatic hydroxyl groups is 1. The van der Waals surface area contributed by atoms with Crippen molar-refractivity contribution in [2.45, 2.75) is 13.5 Å². The number of benzene rings is 1. The maximum absolute atomic E-state index is 13.8. The number of hydrogen-bond donors (Lipinski definition) is 2. The molecule has 0 aliphatic carbocycles. The predicted molar refractivity (Wildman–Crippen MR) is 72.0 cm³/mol. The molecule has 19 heavy (non-hydrogen) atoms. The van der Waals surface area contributed by atoms with E-state index >= 15 is 0 Å². The quantitative estimate of drug-likeness (QED) is 0.838. The van der Waals surface area contributed by atoms with Crippen LogP contribution in [0.4, 0.5) is 4.39 Å². The van der Waals surface area contributed by atoms with E-state index in [4.69, 9.17) is 5.11 Å². The summed E-state index contributed by atoms with van der Waals surface area (Å²) in [4.78, 5) is 2.08. The van der Waals surface area contributed by atoms with Crippen LogP contribution in [-0.4, -0.2) is 39.9 Å². The van der Waals surface area contributed by atoms with Crippen molar-refractivity contribution in [2.24, 2.45) is 0 Å². The van der Waals surface area contributed by atoms with Gasteiger partial charge in [0.25, 0.3) is 0 Å². The molecule has 0 radical (unpaired) electrons. The van der Waals surface area contributed by atoms with E-state index < -0.39 is 0 Å². The molecule has 2 N–H and O–H groups in total. The zero-order valence-electron chi connectivity index (χ0n) is 10.9. The van der Waals surface area contributed by atoms with Crippen molar-refractivity contribution >= 4 is 0 Å². The fourth-order valence-electron chi connectivity index (χ4n) is 2.06. The van der Waals surface area contributed by atoms with Crippen LogP contribution in [0.2, 0.25) is 0 Å². The minimum atomic E-state index is -0.266. The Morgan fingerprint density at radius 1 is 1.37 bits per heavy atom. The highest BCUT2D eigenvalue weighted by Gasteiger charge is 2.13. The standard InChI is InChI=1S/C14H18FN3O/c1-2-18(7-8-19)10-11-9-16-17-14(11)12-5-3-4-6-13(12)15/h3-6,9,19H,2,7-8,10H2,1H3,(H,16,17). The number of halogens is 1. The fourth-order valence-corrected chi connectivity index (χ4v) is 2.06. The zero-order valence-corrected chi connectivity index (χ0v) is 10.9. The third kappa shape index (κ3) is 3.19. The lowest BCUT2D eigenvalue weighted by molar-refractivity contribution is 0.197. The Labute approximate surface area is 111 Å². The van der Waals surface area contributed by atoms with Crippen LogP contribution in [-0.2, 0) is 6.54 Å². The number of aliphatic hydroxyl groups excluding tert-OH is 1. The monoisotopic (exact) mass is 263 g/mol. The first-order valence-corrected chi connectivity index (χ1v) is 6.36. The highest BCUT2D eigenvalue weighted by molar-refractivity contribution is 5.63. The molecular formula is C14H18FN3O. The summed E-state index contributed by atoms with van der Waals surface area (Å²) in [6.07, 6.45) is 1.71. The maximum Gasteiger partial charge on any atom is 0.132 e. The molecule has 1 aromatic carbocycles. The summed E-state index contributed by atoms with van der Waals surface area (Å²) in [6, 6.07) is 6.63. The van der Waals surface area contributed by atoms with E-state index in [-0.39, 0.29) is 12.4 Å². The van der Waals surface area contributed by atoms with Crippen molar-refractivity contribution in [3.05, 3.63) is 41.8 Å². The average Bonchev–Trinajstić information content (AvgIpc) is 2.87. The highest BCUT2D eigenvalue weighted by atomic mass is 19.1. The van der Waals surface area contributed by atoms with Gasteiger partial charge in [0.15, 0.2) is 0 Å². The normalized spacial score (nSPS) is 11.2. The maximum atomic E-state index is 13.8. The summed E-state index contributed by atoms with van der Waals surface area (Å²) in [5, 5.41) is 15.9. The molecule has 4 nitrogen and oxygen atoms in total. The number of rotatable bonds is 6. The molecule has 0 saturated heterocycles. The van der Waals surface area contributed by atoms with Gasteiger partial charge >= 0.3 is 0 Å². The van der Waals surface area contributed by atoms with Crippen LogP contribution in [0.3, 0.4) is 0 Å². The summed E-state index contributed by atoms with van der Waals surface area (Å²) in [6.45, 7) is 4.19. The lowest BCUT2D eigenvalue weighted by Gasteiger charge is -2.18. The molecule has 0 aliphatic rings. The second-order valence-corrected chi connectivity index (χ2v) is 4.34. The van der Waals surface area contributed by atoms with Crippen molar-refractivity contribution < 1.29 is 9.50 Å². The van der Waals surface area contributed by atoms with Gasteiger partial charge in [-0.25, -0.2) is 4.39 Å². The van der Waals surface area contributed by atoms with Gasteiger partial charge in [0, 0.05) is 24.2 Å². The van der Waals surface area contributed by atoms with Crippen LogP contribution in [0, 0.1) is 5.82 Å². The van der Waals surface area contributed by atoms with Crippen molar-refractivity contribution in [1.82, 2.24) is 15.1 Å². The molecule has 0 aliphatic heterocycles. The molecule has 0 atom stereocenters. The topological polar surface area (TPSA) is 52.1 Å². The van der Waals surface area contributed by atoms with Gasteiger partial charge in [-0.2, -0.15) is 5.10 Å². The van der Waals surface area contributed by atoms with Crippen LogP contribution in [0.25, 0.3) is 11.3 Å². The second kappa shape index (κ2) is 6.45. The Morgan fingerprint density at radius 2 is 2.16 bits per heavy atom. The van der Waals surface area contributed by atoms with Gasteiger partial charge in [0.1, 0.15) is 5.82 Å². The smallest absolute Gasteiger partial charge is 0.132 e. The molecular weight excluding hydrogens is 245 g/mol. The first-order chi connectivity index (χ1) is 9.26. The van der Waals surface area contributed by atoms with Crippen LogP contribution in [0.1, 0.15) is 12.5 Å². The van der Waals surface area contributed by atoms with Gasteiger partial charge in [-0.1, -0.05) is 19.1 Å². The SMILES string of the molecule is CCN(CCO)Cc1cn[nH]c1-c1ccccc1F. The third-order valence-electron chi connectivity index (χ3n) is 3.12. The molecule has 1 heterocycles. The number of nitrogens with one attached hydrogen (secondary N) is 1. The Bertz CT molecular complexity index is 527. The molecule has 0 saturated carbocycles. The Kier molecular flexibility index (Phi) is 4.65. The van der Waals surface area contributed by atoms with Gasteiger partial charge in [0.05, 0.1) is 18.5 Å². The molecule has 2 rings (SSSR count). The predicted octanol–water partition coefficient (Wildman–Crippen LogP) is 2.03. The number of hydrogen-bond acceptors (Lipinski definition) is 3. The van der Waals surface area contributed by atoms with E-state index in [0.717, 1.165) is 12.1 Å². The first kappa shape index (κ1) is 13.7.